The van der Waals surface area contributed by atoms with Crippen LogP contribution in [0.2, 0.25) is 0 Å². The number of anilines is 2. The zero-order chi connectivity index (χ0) is 17.8. The van der Waals surface area contributed by atoms with Crippen molar-refractivity contribution in [3.63, 3.8) is 0 Å². The predicted octanol–water partition coefficient (Wildman–Crippen LogP) is 4.00. The number of pyridine rings is 1. The molecule has 4 aliphatic rings. The molecule has 0 unspecified atom stereocenters. The minimum absolute atomic E-state index is 0.0919. The Balaban J connectivity index is 1.61. The summed E-state index contributed by atoms with van der Waals surface area (Å²) in [6.45, 7) is 5.62. The molecule has 4 saturated carbocycles. The summed E-state index contributed by atoms with van der Waals surface area (Å²) in [6, 6.07) is 1.68. The molecular formula is C20H29N3O2. The monoisotopic (exact) mass is 343 g/mol. The molecule has 1 aromatic rings. The standard InChI is InChI=1S/C20H29N3O2/c1-19(2,3)25-18(24)16-7-15(21)11-22-17(16)23-20-8-12-4-13(9-20)6-14(5-12)10-20/h7,11-14H,4-6,8-10,21H2,1-3H3,(H,22,23). The van der Waals surface area contributed by atoms with Crippen molar-refractivity contribution in [2.24, 2.45) is 17.8 Å². The van der Waals surface area contributed by atoms with Crippen LogP contribution in [0.3, 0.4) is 0 Å². The Kier molecular flexibility index (Phi) is 3.74. The highest BCUT2D eigenvalue weighted by molar-refractivity contribution is 5.95. The zero-order valence-corrected chi connectivity index (χ0v) is 15.5. The molecule has 3 N–H and O–H groups in total. The fourth-order valence-corrected chi connectivity index (χ4v) is 5.58. The van der Waals surface area contributed by atoms with Crippen LogP contribution in [0.15, 0.2) is 12.3 Å². The maximum Gasteiger partial charge on any atom is 0.342 e. The molecule has 0 saturated heterocycles. The van der Waals surface area contributed by atoms with Crippen molar-refractivity contribution in [3.8, 4) is 0 Å². The minimum Gasteiger partial charge on any atom is -0.456 e. The number of nitrogens with two attached hydrogens (primary N) is 1. The van der Waals surface area contributed by atoms with Gasteiger partial charge in [0.05, 0.1) is 11.9 Å². The molecule has 5 nitrogen and oxygen atoms in total. The Labute approximate surface area is 149 Å². The van der Waals surface area contributed by atoms with Crippen molar-refractivity contribution in [2.45, 2.75) is 70.4 Å². The number of hydrogen-bond acceptors (Lipinski definition) is 5. The van der Waals surface area contributed by atoms with Gasteiger partial charge >= 0.3 is 5.97 Å². The van der Waals surface area contributed by atoms with Gasteiger partial charge < -0.3 is 15.8 Å². The average molecular weight is 343 g/mol. The number of ether oxygens (including phenoxy) is 1. The predicted molar refractivity (Wildman–Crippen MR) is 98.3 cm³/mol. The van der Waals surface area contributed by atoms with Crippen molar-refractivity contribution in [3.05, 3.63) is 17.8 Å². The number of hydrogen-bond donors (Lipinski definition) is 2. The third kappa shape index (κ3) is 3.33. The summed E-state index contributed by atoms with van der Waals surface area (Å²) in [5.41, 5.74) is 6.37. The molecular weight excluding hydrogens is 314 g/mol. The van der Waals surface area contributed by atoms with E-state index in [1.165, 1.54) is 38.5 Å². The van der Waals surface area contributed by atoms with Crippen molar-refractivity contribution in [1.82, 2.24) is 4.98 Å². The maximum absolute atomic E-state index is 12.7. The van der Waals surface area contributed by atoms with Crippen molar-refractivity contribution in [2.75, 3.05) is 11.1 Å². The number of nitrogens with zero attached hydrogens (tertiary/aromatic N) is 1. The fraction of sp³-hybridized carbons (Fsp3) is 0.700. The molecule has 0 aliphatic heterocycles. The van der Waals surface area contributed by atoms with Gasteiger partial charge in [0.1, 0.15) is 17.0 Å². The summed E-state index contributed by atoms with van der Waals surface area (Å²) >= 11 is 0. The summed E-state index contributed by atoms with van der Waals surface area (Å²) in [4.78, 5) is 17.1. The molecule has 4 fully saturated rings. The molecule has 25 heavy (non-hydrogen) atoms. The second kappa shape index (κ2) is 5.61. The van der Waals surface area contributed by atoms with Crippen LogP contribution >= 0.6 is 0 Å². The highest BCUT2D eigenvalue weighted by atomic mass is 16.6. The van der Waals surface area contributed by atoms with E-state index in [9.17, 15) is 4.79 Å². The molecule has 1 heterocycles. The van der Waals surface area contributed by atoms with Crippen molar-refractivity contribution >= 4 is 17.5 Å². The lowest BCUT2D eigenvalue weighted by Gasteiger charge is -2.57. The first-order valence-corrected chi connectivity index (χ1v) is 9.48. The number of rotatable bonds is 3. The van der Waals surface area contributed by atoms with E-state index in [0.717, 1.165) is 17.8 Å². The molecule has 4 bridgehead atoms. The first-order valence-electron chi connectivity index (χ1n) is 9.48. The second-order valence-corrected chi connectivity index (χ2v) is 9.49. The number of carbonyl (C=O) groups is 1. The van der Waals surface area contributed by atoms with Crippen LogP contribution < -0.4 is 11.1 Å². The van der Waals surface area contributed by atoms with E-state index in [1.807, 2.05) is 20.8 Å². The molecule has 0 amide bonds. The SMILES string of the molecule is CC(C)(C)OC(=O)c1cc(N)cnc1NC12CC3CC(CC(C3)C1)C2. The number of nitrogen functional groups attached to an aromatic ring is 1. The van der Waals surface area contributed by atoms with Crippen molar-refractivity contribution in [1.29, 1.82) is 0 Å². The molecule has 0 aromatic carbocycles. The normalized spacial score (nSPS) is 33.3. The smallest absolute Gasteiger partial charge is 0.342 e. The summed E-state index contributed by atoms with van der Waals surface area (Å²) < 4.78 is 5.57. The topological polar surface area (TPSA) is 77.2 Å². The van der Waals surface area contributed by atoms with Gasteiger partial charge in [0, 0.05) is 5.54 Å². The van der Waals surface area contributed by atoms with E-state index in [-0.39, 0.29) is 11.5 Å². The summed E-state index contributed by atoms with van der Waals surface area (Å²) in [5.74, 6) is 2.76. The van der Waals surface area contributed by atoms with E-state index in [2.05, 4.69) is 10.3 Å². The van der Waals surface area contributed by atoms with Gasteiger partial charge in [-0.25, -0.2) is 9.78 Å². The molecule has 4 aliphatic carbocycles. The number of nitrogens with one attached hydrogen (secondary N) is 1. The van der Waals surface area contributed by atoms with Gasteiger partial charge in [0.25, 0.3) is 0 Å². The Hall–Kier alpha value is -1.78. The Morgan fingerprint density at radius 1 is 1.20 bits per heavy atom. The minimum atomic E-state index is -0.542. The summed E-state index contributed by atoms with van der Waals surface area (Å²) in [7, 11) is 0. The van der Waals surface area contributed by atoms with Gasteiger partial charge in [-0.05, 0) is 83.1 Å². The van der Waals surface area contributed by atoms with E-state index in [1.54, 1.807) is 12.3 Å². The second-order valence-electron chi connectivity index (χ2n) is 9.49. The molecule has 5 rings (SSSR count). The van der Waals surface area contributed by atoms with E-state index < -0.39 is 5.60 Å². The first-order chi connectivity index (χ1) is 11.7. The quantitative estimate of drug-likeness (QED) is 0.811. The zero-order valence-electron chi connectivity index (χ0n) is 15.5. The van der Waals surface area contributed by atoms with Crippen LogP contribution in [0.1, 0.15) is 69.7 Å². The highest BCUT2D eigenvalue weighted by Crippen LogP contribution is 2.56. The summed E-state index contributed by atoms with van der Waals surface area (Å²) in [5, 5.41) is 3.68. The Morgan fingerprint density at radius 2 is 1.76 bits per heavy atom. The Morgan fingerprint density at radius 3 is 2.28 bits per heavy atom. The number of carbonyl (C=O) groups excluding carboxylic acids is 1. The van der Waals surface area contributed by atoms with Crippen LogP contribution in [-0.4, -0.2) is 22.1 Å². The van der Waals surface area contributed by atoms with Crippen LogP contribution in [0.5, 0.6) is 0 Å². The largest absolute Gasteiger partial charge is 0.456 e. The first kappa shape index (κ1) is 16.7. The van der Waals surface area contributed by atoms with Gasteiger partial charge in [0.15, 0.2) is 0 Å². The lowest BCUT2D eigenvalue weighted by molar-refractivity contribution is 0.00640. The van der Waals surface area contributed by atoms with Crippen LogP contribution in [0, 0.1) is 17.8 Å². The number of aromatic nitrogens is 1. The lowest BCUT2D eigenvalue weighted by Crippen LogP contribution is -2.55. The highest BCUT2D eigenvalue weighted by Gasteiger charge is 2.51. The summed E-state index contributed by atoms with van der Waals surface area (Å²) in [6.07, 6.45) is 9.35. The molecule has 5 heteroatoms. The van der Waals surface area contributed by atoms with Gasteiger partial charge in [-0.3, -0.25) is 0 Å². The third-order valence-corrected chi connectivity index (χ3v) is 5.95. The third-order valence-electron chi connectivity index (χ3n) is 5.95. The van der Waals surface area contributed by atoms with Crippen LogP contribution in [0.25, 0.3) is 0 Å². The van der Waals surface area contributed by atoms with Gasteiger partial charge in [-0.15, -0.1) is 0 Å². The van der Waals surface area contributed by atoms with Crippen LogP contribution in [0.4, 0.5) is 11.5 Å². The molecule has 0 radical (unpaired) electrons. The van der Waals surface area contributed by atoms with Gasteiger partial charge in [-0.1, -0.05) is 0 Å². The van der Waals surface area contributed by atoms with Gasteiger partial charge in [0.2, 0.25) is 0 Å². The average Bonchev–Trinajstić information content (AvgIpc) is 2.45. The van der Waals surface area contributed by atoms with Crippen LogP contribution in [-0.2, 0) is 4.74 Å². The molecule has 136 valence electrons. The number of esters is 1. The van der Waals surface area contributed by atoms with Gasteiger partial charge in [-0.2, -0.15) is 0 Å². The molecule has 0 atom stereocenters. The van der Waals surface area contributed by atoms with E-state index >= 15 is 0 Å². The maximum atomic E-state index is 12.7. The lowest BCUT2D eigenvalue weighted by atomic mass is 9.53. The molecule has 1 aromatic heterocycles. The van der Waals surface area contributed by atoms with E-state index in [0.29, 0.717) is 17.1 Å². The fourth-order valence-electron chi connectivity index (χ4n) is 5.58. The van der Waals surface area contributed by atoms with Crippen molar-refractivity contribution < 1.29 is 9.53 Å². The Bertz CT molecular complexity index is 657. The van der Waals surface area contributed by atoms with E-state index in [4.69, 9.17) is 10.5 Å². The molecule has 0 spiro atoms.